The van der Waals surface area contributed by atoms with Gasteiger partial charge in [0.25, 0.3) is 0 Å². The average molecular weight is 124 g/mol. The summed E-state index contributed by atoms with van der Waals surface area (Å²) in [6.45, 7) is 1.36. The maximum absolute atomic E-state index is 5.15. The molecule has 0 bridgehead atoms. The minimum Gasteiger partial charge on any atom is -0.369 e. The minimum absolute atomic E-state index is 0.483. The van der Waals surface area contributed by atoms with Crippen LogP contribution in [0.15, 0.2) is 0 Å². The minimum atomic E-state index is 0.483. The number of ether oxygens (including phenoxy) is 1. The van der Waals surface area contributed by atoms with Crippen molar-refractivity contribution in [2.45, 2.75) is 19.3 Å². The van der Waals surface area contributed by atoms with Crippen LogP contribution in [0.1, 0.15) is 19.3 Å². The van der Waals surface area contributed by atoms with Gasteiger partial charge in [-0.15, -0.1) is 6.42 Å². The lowest BCUT2D eigenvalue weighted by Gasteiger charge is -2.24. The second kappa shape index (κ2) is 3.53. The van der Waals surface area contributed by atoms with Gasteiger partial charge in [-0.25, -0.2) is 0 Å². The molecule has 0 spiro atoms. The molecule has 0 amide bonds. The third kappa shape index (κ3) is 2.07. The first-order valence-corrected chi connectivity index (χ1v) is 3.44. The van der Waals surface area contributed by atoms with Gasteiger partial charge in [0, 0.05) is 0 Å². The van der Waals surface area contributed by atoms with E-state index in [9.17, 15) is 0 Å². The normalized spacial score (nSPS) is 18.6. The molecular weight excluding hydrogens is 112 g/mol. The Morgan fingerprint density at radius 3 is 2.78 bits per heavy atom. The number of hydrogen-bond acceptors (Lipinski definition) is 1. The fourth-order valence-corrected chi connectivity index (χ4v) is 0.944. The van der Waals surface area contributed by atoms with Gasteiger partial charge in [-0.1, -0.05) is 12.3 Å². The molecule has 0 aliphatic heterocycles. The smallest absolute Gasteiger partial charge is 0.107 e. The first kappa shape index (κ1) is 6.64. The molecule has 0 N–H and O–H groups in total. The van der Waals surface area contributed by atoms with Gasteiger partial charge in [0.1, 0.15) is 6.61 Å². The summed E-state index contributed by atoms with van der Waals surface area (Å²) in [6.07, 6.45) is 9.05. The number of terminal acetylenes is 1. The van der Waals surface area contributed by atoms with Gasteiger partial charge < -0.3 is 4.74 Å². The first-order valence-electron chi connectivity index (χ1n) is 3.44. The maximum Gasteiger partial charge on any atom is 0.107 e. The fraction of sp³-hybridized carbons (Fsp3) is 0.750. The molecule has 0 heterocycles. The second-order valence-corrected chi connectivity index (χ2v) is 2.52. The lowest BCUT2D eigenvalue weighted by molar-refractivity contribution is 0.0916. The summed E-state index contributed by atoms with van der Waals surface area (Å²) in [7, 11) is 0. The SMILES string of the molecule is C#CCOCC1CCC1. The van der Waals surface area contributed by atoms with Crippen molar-refractivity contribution in [3.63, 3.8) is 0 Å². The highest BCUT2D eigenvalue weighted by Crippen LogP contribution is 2.25. The van der Waals surface area contributed by atoms with Gasteiger partial charge in [0.2, 0.25) is 0 Å². The van der Waals surface area contributed by atoms with Crippen LogP contribution in [0, 0.1) is 18.3 Å². The van der Waals surface area contributed by atoms with Gasteiger partial charge in [-0.2, -0.15) is 0 Å². The van der Waals surface area contributed by atoms with Crippen LogP contribution in [-0.4, -0.2) is 13.2 Å². The first-order chi connectivity index (χ1) is 4.43. The Kier molecular flexibility index (Phi) is 2.60. The number of rotatable bonds is 3. The molecule has 1 heteroatoms. The molecule has 0 unspecified atom stereocenters. The van der Waals surface area contributed by atoms with Crippen molar-refractivity contribution in [1.29, 1.82) is 0 Å². The summed E-state index contributed by atoms with van der Waals surface area (Å²) >= 11 is 0. The van der Waals surface area contributed by atoms with Crippen molar-refractivity contribution < 1.29 is 4.74 Å². The molecule has 1 rings (SSSR count). The van der Waals surface area contributed by atoms with E-state index < -0.39 is 0 Å². The molecular formula is C8H12O. The van der Waals surface area contributed by atoms with Gasteiger partial charge >= 0.3 is 0 Å². The molecule has 1 fully saturated rings. The van der Waals surface area contributed by atoms with Gasteiger partial charge in [-0.05, 0) is 18.8 Å². The summed E-state index contributed by atoms with van der Waals surface area (Å²) in [6, 6.07) is 0. The van der Waals surface area contributed by atoms with E-state index in [-0.39, 0.29) is 0 Å². The molecule has 1 nitrogen and oxygen atoms in total. The van der Waals surface area contributed by atoms with E-state index in [0.29, 0.717) is 6.61 Å². The average Bonchev–Trinajstić information content (AvgIpc) is 1.76. The van der Waals surface area contributed by atoms with Crippen molar-refractivity contribution in [3.05, 3.63) is 0 Å². The highest BCUT2D eigenvalue weighted by atomic mass is 16.5. The third-order valence-electron chi connectivity index (χ3n) is 1.76. The van der Waals surface area contributed by atoms with Crippen LogP contribution in [0.4, 0.5) is 0 Å². The van der Waals surface area contributed by atoms with Crippen LogP contribution in [0.3, 0.4) is 0 Å². The Labute approximate surface area is 56.4 Å². The van der Waals surface area contributed by atoms with Crippen molar-refractivity contribution in [3.8, 4) is 12.3 Å². The zero-order valence-electron chi connectivity index (χ0n) is 5.60. The molecule has 0 aromatic heterocycles. The van der Waals surface area contributed by atoms with E-state index >= 15 is 0 Å². The Morgan fingerprint density at radius 2 is 2.33 bits per heavy atom. The van der Waals surface area contributed by atoms with Crippen molar-refractivity contribution in [1.82, 2.24) is 0 Å². The maximum atomic E-state index is 5.15. The second-order valence-electron chi connectivity index (χ2n) is 2.52. The molecule has 50 valence electrons. The summed E-state index contributed by atoms with van der Waals surface area (Å²) in [4.78, 5) is 0. The molecule has 0 aromatic carbocycles. The Morgan fingerprint density at radius 1 is 1.56 bits per heavy atom. The summed E-state index contributed by atoms with van der Waals surface area (Å²) in [5.74, 6) is 3.27. The van der Waals surface area contributed by atoms with Crippen molar-refractivity contribution in [2.24, 2.45) is 5.92 Å². The topological polar surface area (TPSA) is 9.23 Å². The summed E-state index contributed by atoms with van der Waals surface area (Å²) < 4.78 is 5.15. The van der Waals surface area contributed by atoms with E-state index in [1.165, 1.54) is 19.3 Å². The van der Waals surface area contributed by atoms with Gasteiger partial charge in [-0.3, -0.25) is 0 Å². The molecule has 9 heavy (non-hydrogen) atoms. The van der Waals surface area contributed by atoms with E-state index in [0.717, 1.165) is 12.5 Å². The quantitative estimate of drug-likeness (QED) is 0.408. The molecule has 0 aromatic rings. The van der Waals surface area contributed by atoms with Crippen LogP contribution in [0.5, 0.6) is 0 Å². The number of hydrogen-bond donors (Lipinski definition) is 0. The van der Waals surface area contributed by atoms with Crippen LogP contribution in [0.25, 0.3) is 0 Å². The summed E-state index contributed by atoms with van der Waals surface area (Å²) in [5.41, 5.74) is 0. The lowest BCUT2D eigenvalue weighted by Crippen LogP contribution is -2.17. The van der Waals surface area contributed by atoms with Crippen LogP contribution in [-0.2, 0) is 4.74 Å². The molecule has 0 atom stereocenters. The molecule has 0 radical (unpaired) electrons. The predicted molar refractivity (Wildman–Crippen MR) is 37.0 cm³/mol. The lowest BCUT2D eigenvalue weighted by atomic mass is 9.86. The largest absolute Gasteiger partial charge is 0.369 e. The fourth-order valence-electron chi connectivity index (χ4n) is 0.944. The van der Waals surface area contributed by atoms with Crippen LogP contribution in [0.2, 0.25) is 0 Å². The van der Waals surface area contributed by atoms with E-state index in [1.54, 1.807) is 0 Å². The predicted octanol–water partition coefficient (Wildman–Crippen LogP) is 1.44. The van der Waals surface area contributed by atoms with Gasteiger partial charge in [0.05, 0.1) is 6.61 Å². The molecule has 1 saturated carbocycles. The third-order valence-corrected chi connectivity index (χ3v) is 1.76. The van der Waals surface area contributed by atoms with Gasteiger partial charge in [0.15, 0.2) is 0 Å². The highest BCUT2D eigenvalue weighted by molar-refractivity contribution is 4.83. The van der Waals surface area contributed by atoms with Crippen molar-refractivity contribution in [2.75, 3.05) is 13.2 Å². The Balaban J connectivity index is 1.87. The van der Waals surface area contributed by atoms with E-state index in [1.807, 2.05) is 0 Å². The van der Waals surface area contributed by atoms with Crippen molar-refractivity contribution >= 4 is 0 Å². The van der Waals surface area contributed by atoms with E-state index in [2.05, 4.69) is 5.92 Å². The zero-order chi connectivity index (χ0) is 6.53. The Bertz CT molecular complexity index is 108. The summed E-state index contributed by atoms with van der Waals surface area (Å²) in [5, 5.41) is 0. The highest BCUT2D eigenvalue weighted by Gasteiger charge is 2.16. The zero-order valence-corrected chi connectivity index (χ0v) is 5.60. The monoisotopic (exact) mass is 124 g/mol. The molecule has 1 aliphatic carbocycles. The molecule has 0 saturated heterocycles. The van der Waals surface area contributed by atoms with Crippen LogP contribution >= 0.6 is 0 Å². The standard InChI is InChI=1S/C8H12O/c1-2-6-9-7-8-4-3-5-8/h1,8H,3-7H2. The Hall–Kier alpha value is -0.480. The molecule has 1 aliphatic rings. The van der Waals surface area contributed by atoms with Crippen LogP contribution < -0.4 is 0 Å². The van der Waals surface area contributed by atoms with E-state index in [4.69, 9.17) is 11.2 Å².